The SMILES string of the molecule is N=C1C(=Cc2ccc(OCc3ccccc3F)cc2)C(=O)N=C2SC(c3cccnc3)=NN12. The highest BCUT2D eigenvalue weighted by Gasteiger charge is 2.36. The Bertz CT molecular complexity index is 1340. The predicted molar refractivity (Wildman–Crippen MR) is 126 cm³/mol. The summed E-state index contributed by atoms with van der Waals surface area (Å²) in [5.41, 5.74) is 2.09. The molecule has 3 heterocycles. The van der Waals surface area contributed by atoms with Crippen LogP contribution >= 0.6 is 11.8 Å². The number of nitrogens with one attached hydrogen (secondary N) is 1. The lowest BCUT2D eigenvalue weighted by atomic mass is 10.1. The minimum atomic E-state index is -0.499. The van der Waals surface area contributed by atoms with Crippen LogP contribution in [-0.2, 0) is 11.4 Å². The van der Waals surface area contributed by atoms with Gasteiger partial charge >= 0.3 is 0 Å². The minimum Gasteiger partial charge on any atom is -0.489 e. The first-order valence-electron chi connectivity index (χ1n) is 9.95. The second-order valence-corrected chi connectivity index (χ2v) is 8.07. The van der Waals surface area contributed by atoms with E-state index in [4.69, 9.17) is 10.1 Å². The number of nitrogens with zero attached hydrogens (tertiary/aromatic N) is 4. The van der Waals surface area contributed by atoms with Crippen LogP contribution in [0.3, 0.4) is 0 Å². The van der Waals surface area contributed by atoms with Gasteiger partial charge in [0.1, 0.15) is 23.2 Å². The van der Waals surface area contributed by atoms with Crippen LogP contribution in [0.1, 0.15) is 16.7 Å². The first kappa shape index (κ1) is 20.8. The van der Waals surface area contributed by atoms with Crippen molar-refractivity contribution >= 4 is 39.8 Å². The van der Waals surface area contributed by atoms with Crippen molar-refractivity contribution in [3.63, 3.8) is 0 Å². The van der Waals surface area contributed by atoms with Gasteiger partial charge in [-0.25, -0.2) is 4.39 Å². The van der Waals surface area contributed by atoms with E-state index in [1.807, 2.05) is 6.07 Å². The second kappa shape index (κ2) is 8.79. The van der Waals surface area contributed by atoms with Gasteiger partial charge in [-0.05, 0) is 53.7 Å². The zero-order valence-corrected chi connectivity index (χ0v) is 17.9. The molecule has 2 aliphatic rings. The predicted octanol–water partition coefficient (Wildman–Crippen LogP) is 4.47. The van der Waals surface area contributed by atoms with Crippen molar-refractivity contribution in [3.05, 3.63) is 101 Å². The number of hydrogen-bond acceptors (Lipinski definition) is 6. The molecule has 0 saturated heterocycles. The third-order valence-electron chi connectivity index (χ3n) is 4.91. The summed E-state index contributed by atoms with van der Waals surface area (Å²) in [5.74, 6) is -0.299. The summed E-state index contributed by atoms with van der Waals surface area (Å²) in [7, 11) is 0. The molecule has 0 radical (unpaired) electrons. The largest absolute Gasteiger partial charge is 0.489 e. The second-order valence-electron chi connectivity index (χ2n) is 7.12. The number of benzene rings is 2. The minimum absolute atomic E-state index is 0.0451. The van der Waals surface area contributed by atoms with Crippen molar-refractivity contribution in [1.82, 2.24) is 9.99 Å². The number of aromatic nitrogens is 1. The Hall–Kier alpha value is -4.11. The first-order chi connectivity index (χ1) is 16.1. The number of carbonyl (C=O) groups is 1. The van der Waals surface area contributed by atoms with Crippen molar-refractivity contribution in [2.45, 2.75) is 6.61 Å². The smallest absolute Gasteiger partial charge is 0.283 e. The quantitative estimate of drug-likeness (QED) is 0.571. The van der Waals surface area contributed by atoms with Crippen LogP contribution in [0.25, 0.3) is 6.08 Å². The van der Waals surface area contributed by atoms with Crippen molar-refractivity contribution in [2.24, 2.45) is 10.1 Å². The summed E-state index contributed by atoms with van der Waals surface area (Å²) in [4.78, 5) is 20.8. The van der Waals surface area contributed by atoms with Crippen LogP contribution in [0.4, 0.5) is 4.39 Å². The molecule has 1 amide bonds. The summed E-state index contributed by atoms with van der Waals surface area (Å²) in [6.45, 7) is 0.109. The summed E-state index contributed by atoms with van der Waals surface area (Å²) < 4.78 is 19.4. The molecule has 0 atom stereocenters. The summed E-state index contributed by atoms with van der Waals surface area (Å²) in [6, 6.07) is 17.1. The Labute approximate surface area is 192 Å². The van der Waals surface area contributed by atoms with E-state index in [1.54, 1.807) is 67.0 Å². The van der Waals surface area contributed by atoms with Gasteiger partial charge in [-0.3, -0.25) is 15.2 Å². The third kappa shape index (κ3) is 4.31. The first-order valence-corrected chi connectivity index (χ1v) is 10.8. The molecule has 9 heteroatoms. The van der Waals surface area contributed by atoms with Crippen LogP contribution in [0, 0.1) is 11.2 Å². The highest BCUT2D eigenvalue weighted by Crippen LogP contribution is 2.30. The number of ether oxygens (including phenoxy) is 1. The lowest BCUT2D eigenvalue weighted by Crippen LogP contribution is -2.35. The molecular formula is C24H16FN5O2S. The normalized spacial score (nSPS) is 16.5. The van der Waals surface area contributed by atoms with Crippen LogP contribution < -0.4 is 4.74 Å². The maximum Gasteiger partial charge on any atom is 0.283 e. The van der Waals surface area contributed by atoms with Gasteiger partial charge in [0, 0.05) is 23.5 Å². The number of halogens is 1. The van der Waals surface area contributed by atoms with E-state index < -0.39 is 5.91 Å². The highest BCUT2D eigenvalue weighted by molar-refractivity contribution is 8.27. The fraction of sp³-hybridized carbons (Fsp3) is 0.0417. The molecule has 1 N–H and O–H groups in total. The average molecular weight is 457 g/mol. The molecule has 7 nitrogen and oxygen atoms in total. The number of hydrogen-bond donors (Lipinski definition) is 1. The Kier molecular flexibility index (Phi) is 5.54. The summed E-state index contributed by atoms with van der Waals surface area (Å²) in [5, 5.41) is 15.2. The number of pyridine rings is 1. The fourth-order valence-corrected chi connectivity index (χ4v) is 4.08. The molecule has 2 aromatic carbocycles. The summed E-state index contributed by atoms with van der Waals surface area (Å²) >= 11 is 1.22. The zero-order valence-electron chi connectivity index (χ0n) is 17.1. The zero-order chi connectivity index (χ0) is 22.8. The molecule has 0 aliphatic carbocycles. The number of carbonyl (C=O) groups excluding carboxylic acids is 1. The van der Waals surface area contributed by atoms with E-state index in [9.17, 15) is 9.18 Å². The van der Waals surface area contributed by atoms with Gasteiger partial charge in [0.15, 0.2) is 5.84 Å². The van der Waals surface area contributed by atoms with Gasteiger partial charge in [0.25, 0.3) is 5.91 Å². The molecular weight excluding hydrogens is 441 g/mol. The number of thioether (sulfide) groups is 1. The van der Waals surface area contributed by atoms with Gasteiger partial charge in [0.05, 0.1) is 5.57 Å². The number of fused-ring (bicyclic) bond motifs is 1. The highest BCUT2D eigenvalue weighted by atomic mass is 32.2. The molecule has 0 saturated carbocycles. The topological polar surface area (TPSA) is 91.0 Å². The number of amidine groups is 2. The Morgan fingerprint density at radius 1 is 1.09 bits per heavy atom. The van der Waals surface area contributed by atoms with Crippen LogP contribution in [0.5, 0.6) is 5.75 Å². The van der Waals surface area contributed by atoms with Crippen LogP contribution in [0.2, 0.25) is 0 Å². The van der Waals surface area contributed by atoms with E-state index in [0.717, 1.165) is 5.56 Å². The van der Waals surface area contributed by atoms with Gasteiger partial charge < -0.3 is 4.74 Å². The van der Waals surface area contributed by atoms with E-state index in [-0.39, 0.29) is 23.8 Å². The van der Waals surface area contributed by atoms with E-state index in [2.05, 4.69) is 15.1 Å². The van der Waals surface area contributed by atoms with Crippen molar-refractivity contribution in [3.8, 4) is 5.75 Å². The van der Waals surface area contributed by atoms with Crippen LogP contribution in [-0.4, -0.2) is 31.9 Å². The number of hydrazone groups is 1. The number of amides is 1. The Morgan fingerprint density at radius 3 is 2.67 bits per heavy atom. The molecule has 0 bridgehead atoms. The van der Waals surface area contributed by atoms with E-state index >= 15 is 0 Å². The monoisotopic (exact) mass is 457 g/mol. The lowest BCUT2D eigenvalue weighted by molar-refractivity contribution is -0.114. The molecule has 2 aliphatic heterocycles. The maximum absolute atomic E-state index is 13.7. The van der Waals surface area contributed by atoms with Crippen molar-refractivity contribution < 1.29 is 13.9 Å². The molecule has 0 unspecified atom stereocenters. The Balaban J connectivity index is 1.32. The summed E-state index contributed by atoms with van der Waals surface area (Å²) in [6.07, 6.45) is 4.92. The molecule has 162 valence electrons. The number of rotatable bonds is 5. The molecule has 1 aromatic heterocycles. The molecule has 3 aromatic rings. The average Bonchev–Trinajstić information content (AvgIpc) is 3.27. The molecule has 33 heavy (non-hydrogen) atoms. The molecule has 0 fully saturated rings. The maximum atomic E-state index is 13.7. The van der Waals surface area contributed by atoms with Crippen molar-refractivity contribution in [1.29, 1.82) is 5.41 Å². The standard InChI is InChI=1S/C24H16FN5O2S/c25-20-6-2-1-4-17(20)14-32-18-9-7-15(8-10-18)12-19-21(26)30-24(28-22(19)31)33-23(29-30)16-5-3-11-27-13-16/h1-13,26H,14H2. The molecule has 5 rings (SSSR count). The Morgan fingerprint density at radius 2 is 1.91 bits per heavy atom. The number of aliphatic imine (C=N–C) groups is 1. The van der Waals surface area contributed by atoms with Crippen LogP contribution in [0.15, 0.2) is 88.7 Å². The van der Waals surface area contributed by atoms with Gasteiger partial charge in [-0.1, -0.05) is 30.3 Å². The van der Waals surface area contributed by atoms with Gasteiger partial charge in [0.2, 0.25) is 5.17 Å². The van der Waals surface area contributed by atoms with Gasteiger partial charge in [-0.15, -0.1) is 0 Å². The molecule has 0 spiro atoms. The van der Waals surface area contributed by atoms with Gasteiger partial charge in [-0.2, -0.15) is 15.1 Å². The van der Waals surface area contributed by atoms with Crippen molar-refractivity contribution in [2.75, 3.05) is 0 Å². The fourth-order valence-electron chi connectivity index (χ4n) is 3.20. The van der Waals surface area contributed by atoms with E-state index in [1.165, 1.54) is 22.8 Å². The third-order valence-corrected chi connectivity index (χ3v) is 5.86. The lowest BCUT2D eigenvalue weighted by Gasteiger charge is -2.20. The van der Waals surface area contributed by atoms with E-state index in [0.29, 0.717) is 27.1 Å².